The molecule has 0 radical (unpaired) electrons. The number of piperidine rings is 1. The second-order valence-corrected chi connectivity index (χ2v) is 7.93. The first kappa shape index (κ1) is 24.3. The van der Waals surface area contributed by atoms with Gasteiger partial charge in [-0.15, -0.1) is 24.0 Å². The number of likely N-dealkylation sites (tertiary alicyclic amines) is 1. The molecular weight excluding hydrogens is 484 g/mol. The van der Waals surface area contributed by atoms with Gasteiger partial charge in [0.05, 0.1) is 18.8 Å². The molecule has 0 bridgehead atoms. The van der Waals surface area contributed by atoms with Crippen molar-refractivity contribution in [3.05, 3.63) is 35.6 Å². The number of benzene rings is 1. The summed E-state index contributed by atoms with van der Waals surface area (Å²) >= 11 is 0. The van der Waals surface area contributed by atoms with Gasteiger partial charge in [-0.1, -0.05) is 25.0 Å². The molecule has 1 aromatic carbocycles. The van der Waals surface area contributed by atoms with Crippen LogP contribution in [0.25, 0.3) is 0 Å². The van der Waals surface area contributed by atoms with Crippen LogP contribution in [0.3, 0.4) is 0 Å². The fourth-order valence-electron chi connectivity index (χ4n) is 4.07. The molecule has 0 amide bonds. The molecule has 164 valence electrons. The van der Waals surface area contributed by atoms with Crippen LogP contribution in [-0.4, -0.2) is 54.9 Å². The fourth-order valence-corrected chi connectivity index (χ4v) is 4.07. The number of rotatable bonds is 7. The normalized spacial score (nSPS) is 19.8. The van der Waals surface area contributed by atoms with Crippen molar-refractivity contribution >= 4 is 29.9 Å². The summed E-state index contributed by atoms with van der Waals surface area (Å²) in [5.74, 6) is 1.30. The molecule has 1 atom stereocenters. The predicted molar refractivity (Wildman–Crippen MR) is 125 cm³/mol. The van der Waals surface area contributed by atoms with Gasteiger partial charge in [0, 0.05) is 26.2 Å². The van der Waals surface area contributed by atoms with Gasteiger partial charge in [0.15, 0.2) is 5.96 Å². The molecule has 3 rings (SSSR count). The average Bonchev–Trinajstić information content (AvgIpc) is 3.24. The van der Waals surface area contributed by atoms with Gasteiger partial charge in [-0.3, -0.25) is 4.99 Å². The van der Waals surface area contributed by atoms with Crippen LogP contribution in [0.1, 0.15) is 57.1 Å². The van der Waals surface area contributed by atoms with Crippen LogP contribution >= 0.6 is 24.0 Å². The zero-order valence-electron chi connectivity index (χ0n) is 17.4. The van der Waals surface area contributed by atoms with Crippen LogP contribution in [0.5, 0.6) is 0 Å². The third-order valence-electron chi connectivity index (χ3n) is 5.79. The number of aliphatic hydroxyl groups excluding tert-OH is 1. The lowest BCUT2D eigenvalue weighted by atomic mass is 10.1. The second-order valence-electron chi connectivity index (χ2n) is 7.93. The van der Waals surface area contributed by atoms with E-state index < -0.39 is 6.10 Å². The molecule has 7 heteroatoms. The highest BCUT2D eigenvalue weighted by molar-refractivity contribution is 14.0. The molecule has 1 aliphatic heterocycles. The Hall–Kier alpha value is -0.930. The molecular formula is C22H35FIN3O2. The Balaban J connectivity index is 0.00000300. The van der Waals surface area contributed by atoms with E-state index in [0.717, 1.165) is 51.0 Å². The highest BCUT2D eigenvalue weighted by Crippen LogP contribution is 2.26. The summed E-state index contributed by atoms with van der Waals surface area (Å²) in [5, 5.41) is 13.7. The van der Waals surface area contributed by atoms with Crippen LogP contribution in [-0.2, 0) is 4.74 Å². The van der Waals surface area contributed by atoms with Gasteiger partial charge in [-0.25, -0.2) is 4.39 Å². The van der Waals surface area contributed by atoms with Gasteiger partial charge in [-0.2, -0.15) is 0 Å². The molecule has 1 aliphatic carbocycles. The fraction of sp³-hybridized carbons (Fsp3) is 0.682. The van der Waals surface area contributed by atoms with E-state index in [1.165, 1.54) is 37.8 Å². The summed E-state index contributed by atoms with van der Waals surface area (Å²) in [4.78, 5) is 6.86. The number of aliphatic hydroxyl groups is 1. The number of hydrogen-bond donors (Lipinski definition) is 2. The van der Waals surface area contributed by atoms with Crippen molar-refractivity contribution in [2.45, 2.75) is 57.7 Å². The van der Waals surface area contributed by atoms with Crippen molar-refractivity contribution < 1.29 is 14.2 Å². The van der Waals surface area contributed by atoms with Crippen LogP contribution in [0.15, 0.2) is 29.3 Å². The number of halogens is 2. The van der Waals surface area contributed by atoms with Crippen molar-refractivity contribution in [1.29, 1.82) is 0 Å². The molecule has 5 nitrogen and oxygen atoms in total. The molecule has 1 saturated carbocycles. The van der Waals surface area contributed by atoms with E-state index in [9.17, 15) is 9.50 Å². The Labute approximate surface area is 191 Å². The third kappa shape index (κ3) is 7.68. The zero-order chi connectivity index (χ0) is 19.8. The lowest BCUT2D eigenvalue weighted by Gasteiger charge is -2.34. The van der Waals surface area contributed by atoms with Crippen molar-refractivity contribution in [2.24, 2.45) is 10.9 Å². The summed E-state index contributed by atoms with van der Waals surface area (Å²) < 4.78 is 19.2. The highest BCUT2D eigenvalue weighted by Gasteiger charge is 2.24. The van der Waals surface area contributed by atoms with E-state index in [0.29, 0.717) is 11.7 Å². The van der Waals surface area contributed by atoms with Gasteiger partial charge in [0.1, 0.15) is 5.82 Å². The minimum atomic E-state index is -0.735. The molecule has 1 heterocycles. The topological polar surface area (TPSA) is 57.1 Å². The van der Waals surface area contributed by atoms with Crippen molar-refractivity contribution in [1.82, 2.24) is 10.2 Å². The first-order valence-electron chi connectivity index (χ1n) is 10.7. The number of ether oxygens (including phenoxy) is 1. The standard InChI is InChI=1S/C22H34FN3O2.HI/c1-2-24-22(25-15-21(27)18-7-9-19(23)10-8-18)26-13-11-20(12-14-26)28-16-17-5-3-4-6-17;/h7-10,17,20-21,27H,2-6,11-16H2,1H3,(H,24,25);1H. The van der Waals surface area contributed by atoms with Crippen LogP contribution in [0.4, 0.5) is 4.39 Å². The second kappa shape index (κ2) is 12.7. The van der Waals surface area contributed by atoms with Gasteiger partial charge in [0.2, 0.25) is 0 Å². The zero-order valence-corrected chi connectivity index (χ0v) is 19.7. The monoisotopic (exact) mass is 519 g/mol. The number of nitrogens with zero attached hydrogens (tertiary/aromatic N) is 2. The molecule has 0 aromatic heterocycles. The molecule has 0 spiro atoms. The molecule has 2 fully saturated rings. The van der Waals surface area contributed by atoms with E-state index in [4.69, 9.17) is 4.74 Å². The maximum absolute atomic E-state index is 13.0. The summed E-state index contributed by atoms with van der Waals surface area (Å²) in [6, 6.07) is 5.94. The largest absolute Gasteiger partial charge is 0.386 e. The number of guanidine groups is 1. The van der Waals surface area contributed by atoms with Gasteiger partial charge in [0.25, 0.3) is 0 Å². The Bertz CT molecular complexity index is 615. The van der Waals surface area contributed by atoms with Crippen molar-refractivity contribution in [3.8, 4) is 0 Å². The average molecular weight is 519 g/mol. The van der Waals surface area contributed by atoms with E-state index in [1.807, 2.05) is 6.92 Å². The molecule has 1 aromatic rings. The Morgan fingerprint density at radius 1 is 1.21 bits per heavy atom. The highest BCUT2D eigenvalue weighted by atomic mass is 127. The van der Waals surface area contributed by atoms with Gasteiger partial charge in [-0.05, 0) is 56.2 Å². The molecule has 29 heavy (non-hydrogen) atoms. The Kier molecular flexibility index (Phi) is 10.7. The number of nitrogens with one attached hydrogen (secondary N) is 1. The van der Waals surface area contributed by atoms with E-state index in [1.54, 1.807) is 12.1 Å². The summed E-state index contributed by atoms with van der Waals surface area (Å²) in [6.45, 7) is 5.82. The first-order chi connectivity index (χ1) is 13.7. The predicted octanol–water partition coefficient (Wildman–Crippen LogP) is 4.11. The SMILES string of the molecule is CCNC(=NCC(O)c1ccc(F)cc1)N1CCC(OCC2CCCC2)CC1.I. The molecule has 2 aliphatic rings. The van der Waals surface area contributed by atoms with Crippen LogP contribution in [0, 0.1) is 11.7 Å². The number of hydrogen-bond acceptors (Lipinski definition) is 3. The summed E-state index contributed by atoms with van der Waals surface area (Å²) in [5.41, 5.74) is 0.681. The quantitative estimate of drug-likeness (QED) is 0.324. The molecule has 1 saturated heterocycles. The van der Waals surface area contributed by atoms with Gasteiger partial charge < -0.3 is 20.1 Å². The lowest BCUT2D eigenvalue weighted by molar-refractivity contribution is 0.000979. The lowest BCUT2D eigenvalue weighted by Crippen LogP contribution is -2.47. The minimum Gasteiger partial charge on any atom is -0.386 e. The smallest absolute Gasteiger partial charge is 0.194 e. The minimum absolute atomic E-state index is 0. The Morgan fingerprint density at radius 2 is 1.86 bits per heavy atom. The van der Waals surface area contributed by atoms with Crippen LogP contribution < -0.4 is 5.32 Å². The van der Waals surface area contributed by atoms with E-state index >= 15 is 0 Å². The van der Waals surface area contributed by atoms with E-state index in [-0.39, 0.29) is 36.3 Å². The molecule has 1 unspecified atom stereocenters. The molecule has 2 N–H and O–H groups in total. The summed E-state index contributed by atoms with van der Waals surface area (Å²) in [7, 11) is 0. The van der Waals surface area contributed by atoms with Crippen molar-refractivity contribution in [3.63, 3.8) is 0 Å². The maximum Gasteiger partial charge on any atom is 0.194 e. The maximum atomic E-state index is 13.0. The summed E-state index contributed by atoms with van der Waals surface area (Å²) in [6.07, 6.45) is 7.01. The Morgan fingerprint density at radius 3 is 2.48 bits per heavy atom. The third-order valence-corrected chi connectivity index (χ3v) is 5.79. The van der Waals surface area contributed by atoms with Crippen molar-refractivity contribution in [2.75, 3.05) is 32.8 Å². The number of aliphatic imine (C=N–C) groups is 1. The van der Waals surface area contributed by atoms with Gasteiger partial charge >= 0.3 is 0 Å². The van der Waals surface area contributed by atoms with E-state index in [2.05, 4.69) is 15.2 Å². The van der Waals surface area contributed by atoms with Crippen LogP contribution in [0.2, 0.25) is 0 Å². The first-order valence-corrected chi connectivity index (χ1v) is 10.7.